The number of carbonyl (C=O) groups excluding carboxylic acids is 1. The van der Waals surface area contributed by atoms with E-state index in [4.69, 9.17) is 10.5 Å². The average molecular weight is 310 g/mol. The molecule has 0 saturated carbocycles. The lowest BCUT2D eigenvalue weighted by Gasteiger charge is -2.36. The summed E-state index contributed by atoms with van der Waals surface area (Å²) in [5, 5.41) is 0. The monoisotopic (exact) mass is 310 g/mol. The fourth-order valence-electron chi connectivity index (χ4n) is 2.58. The van der Waals surface area contributed by atoms with Gasteiger partial charge in [0.2, 0.25) is 0 Å². The number of rotatable bonds is 3. The van der Waals surface area contributed by atoms with Gasteiger partial charge < -0.3 is 10.5 Å². The molecule has 8 nitrogen and oxygen atoms in total. The largest absolute Gasteiger partial charge is 0.384 e. The average Bonchev–Trinajstić information content (AvgIpc) is 2.47. The molecule has 0 spiro atoms. The molecular formula is C14H22N4O4. The summed E-state index contributed by atoms with van der Waals surface area (Å²) in [7, 11) is 2.77. The summed E-state index contributed by atoms with van der Waals surface area (Å²) >= 11 is 0. The number of aromatic nitrogens is 2. The number of hydrogen-bond acceptors (Lipinski definition) is 6. The second-order valence-corrected chi connectivity index (χ2v) is 5.81. The van der Waals surface area contributed by atoms with E-state index in [1.165, 1.54) is 14.1 Å². The fourth-order valence-corrected chi connectivity index (χ4v) is 2.58. The summed E-state index contributed by atoms with van der Waals surface area (Å²) in [4.78, 5) is 38.5. The minimum atomic E-state index is -0.653. The molecule has 1 aromatic heterocycles. The van der Waals surface area contributed by atoms with Gasteiger partial charge in [-0.2, -0.15) is 0 Å². The van der Waals surface area contributed by atoms with Crippen LogP contribution in [0, 0.1) is 0 Å². The van der Waals surface area contributed by atoms with Crippen LogP contribution in [0.1, 0.15) is 24.2 Å². The number of nitrogens with two attached hydrogens (primary N) is 1. The molecular weight excluding hydrogens is 288 g/mol. The van der Waals surface area contributed by atoms with E-state index >= 15 is 0 Å². The highest BCUT2D eigenvalue weighted by Crippen LogP contribution is 2.13. The van der Waals surface area contributed by atoms with Crippen LogP contribution in [0.2, 0.25) is 0 Å². The number of carbonyl (C=O) groups is 1. The fraction of sp³-hybridized carbons (Fsp3) is 0.643. The molecule has 0 radical (unpaired) electrons. The molecule has 2 atom stereocenters. The highest BCUT2D eigenvalue weighted by Gasteiger charge is 2.28. The first kappa shape index (κ1) is 16.4. The zero-order chi connectivity index (χ0) is 16.6. The van der Waals surface area contributed by atoms with Crippen LogP contribution in [-0.2, 0) is 18.8 Å². The molecule has 22 heavy (non-hydrogen) atoms. The van der Waals surface area contributed by atoms with Crippen LogP contribution in [0.5, 0.6) is 0 Å². The van der Waals surface area contributed by atoms with Crippen molar-refractivity contribution in [2.75, 3.05) is 25.4 Å². The van der Waals surface area contributed by atoms with Crippen LogP contribution in [0.15, 0.2) is 9.59 Å². The Hall–Kier alpha value is -1.93. The van der Waals surface area contributed by atoms with E-state index in [1.54, 1.807) is 0 Å². The molecule has 1 fully saturated rings. The minimum Gasteiger partial charge on any atom is -0.384 e. The van der Waals surface area contributed by atoms with Crippen molar-refractivity contribution < 1.29 is 9.53 Å². The second kappa shape index (κ2) is 6.05. The van der Waals surface area contributed by atoms with Crippen LogP contribution >= 0.6 is 0 Å². The van der Waals surface area contributed by atoms with E-state index < -0.39 is 11.2 Å². The summed E-state index contributed by atoms with van der Waals surface area (Å²) in [5.41, 5.74) is 4.48. The molecule has 0 unspecified atom stereocenters. The summed E-state index contributed by atoms with van der Waals surface area (Å²) < 4.78 is 7.53. The quantitative estimate of drug-likeness (QED) is 0.716. The first-order chi connectivity index (χ1) is 10.2. The molecule has 1 saturated heterocycles. The molecule has 2 heterocycles. The molecule has 2 N–H and O–H groups in total. The van der Waals surface area contributed by atoms with Crippen molar-refractivity contribution in [3.8, 4) is 0 Å². The van der Waals surface area contributed by atoms with E-state index in [9.17, 15) is 14.4 Å². The smallest absolute Gasteiger partial charge is 0.332 e. The number of Topliss-reactive ketones (excluding diaryl/α,β-unsaturated/α-hetero) is 1. The standard InChI is InChI=1S/C14H22N4O4/c1-8-7-22-9(2)5-18(8)6-10(19)11-12(15)16(3)14(21)17(4)13(11)20/h8-9H,5-7,15H2,1-4H3/t8-,9+/m1/s1. The Morgan fingerprint density at radius 3 is 2.55 bits per heavy atom. The zero-order valence-electron chi connectivity index (χ0n) is 13.3. The zero-order valence-corrected chi connectivity index (χ0v) is 13.3. The van der Waals surface area contributed by atoms with Crippen molar-refractivity contribution in [2.24, 2.45) is 14.1 Å². The summed E-state index contributed by atoms with van der Waals surface area (Å²) in [6.45, 7) is 5.12. The van der Waals surface area contributed by atoms with Crippen molar-refractivity contribution in [1.82, 2.24) is 14.0 Å². The Balaban J connectivity index is 2.35. The Bertz CT molecular complexity index is 706. The SMILES string of the molecule is C[C@@H]1CO[C@@H](C)CN1CC(=O)c1c(N)n(C)c(=O)n(C)c1=O. The van der Waals surface area contributed by atoms with Crippen LogP contribution < -0.4 is 17.0 Å². The van der Waals surface area contributed by atoms with Crippen molar-refractivity contribution in [2.45, 2.75) is 26.0 Å². The first-order valence-corrected chi connectivity index (χ1v) is 7.18. The molecule has 0 amide bonds. The third-order valence-corrected chi connectivity index (χ3v) is 4.07. The van der Waals surface area contributed by atoms with Gasteiger partial charge in [0.15, 0.2) is 5.78 Å². The molecule has 0 bridgehead atoms. The number of ether oxygens (including phenoxy) is 1. The Labute approximate surface area is 128 Å². The lowest BCUT2D eigenvalue weighted by atomic mass is 10.1. The van der Waals surface area contributed by atoms with Crippen LogP contribution in [0.3, 0.4) is 0 Å². The van der Waals surface area contributed by atoms with Crippen LogP contribution in [0.25, 0.3) is 0 Å². The van der Waals surface area contributed by atoms with E-state index in [2.05, 4.69) is 0 Å². The summed E-state index contributed by atoms with van der Waals surface area (Å²) in [5.74, 6) is -0.471. The van der Waals surface area contributed by atoms with Gasteiger partial charge >= 0.3 is 5.69 Å². The molecule has 122 valence electrons. The predicted octanol–water partition coefficient (Wildman–Crippen LogP) is -1.04. The van der Waals surface area contributed by atoms with Gasteiger partial charge in [0.1, 0.15) is 11.4 Å². The van der Waals surface area contributed by atoms with Crippen molar-refractivity contribution in [3.63, 3.8) is 0 Å². The molecule has 1 aliphatic rings. The Morgan fingerprint density at radius 1 is 1.27 bits per heavy atom. The minimum absolute atomic E-state index is 0.0318. The van der Waals surface area contributed by atoms with Gasteiger partial charge in [0, 0.05) is 26.7 Å². The lowest BCUT2D eigenvalue weighted by molar-refractivity contribution is -0.0460. The summed E-state index contributed by atoms with van der Waals surface area (Å²) in [6.07, 6.45) is 0.0318. The van der Waals surface area contributed by atoms with E-state index in [1.807, 2.05) is 18.7 Å². The van der Waals surface area contributed by atoms with Gasteiger partial charge in [-0.15, -0.1) is 0 Å². The lowest BCUT2D eigenvalue weighted by Crippen LogP contribution is -2.50. The number of nitrogen functional groups attached to an aromatic ring is 1. The number of nitrogens with zero attached hydrogens (tertiary/aromatic N) is 3. The normalized spacial score (nSPS) is 22.7. The maximum absolute atomic E-state index is 12.5. The Kier molecular flexibility index (Phi) is 4.52. The number of ketones is 1. The van der Waals surface area contributed by atoms with Crippen molar-refractivity contribution in [1.29, 1.82) is 0 Å². The van der Waals surface area contributed by atoms with Crippen molar-refractivity contribution >= 4 is 11.6 Å². The van der Waals surface area contributed by atoms with E-state index in [0.29, 0.717) is 13.2 Å². The van der Waals surface area contributed by atoms with Gasteiger partial charge in [-0.1, -0.05) is 0 Å². The molecule has 2 rings (SSSR count). The molecule has 0 aliphatic carbocycles. The van der Waals surface area contributed by atoms with E-state index in [0.717, 1.165) is 9.13 Å². The van der Waals surface area contributed by atoms with Crippen molar-refractivity contribution in [3.05, 3.63) is 26.4 Å². The highest BCUT2D eigenvalue weighted by atomic mass is 16.5. The summed E-state index contributed by atoms with van der Waals surface area (Å²) in [6, 6.07) is 0.0813. The molecule has 0 aromatic carbocycles. The Morgan fingerprint density at radius 2 is 1.91 bits per heavy atom. The van der Waals surface area contributed by atoms with Gasteiger partial charge in [-0.05, 0) is 13.8 Å². The third-order valence-electron chi connectivity index (χ3n) is 4.07. The second-order valence-electron chi connectivity index (χ2n) is 5.81. The van der Waals surface area contributed by atoms with Crippen LogP contribution in [-0.4, -0.2) is 51.7 Å². The molecule has 8 heteroatoms. The molecule has 1 aliphatic heterocycles. The third kappa shape index (κ3) is 2.84. The highest BCUT2D eigenvalue weighted by molar-refractivity contribution is 6.01. The van der Waals surface area contributed by atoms with Gasteiger partial charge in [0.05, 0.1) is 19.3 Å². The van der Waals surface area contributed by atoms with Crippen LogP contribution in [0.4, 0.5) is 5.82 Å². The maximum Gasteiger partial charge on any atom is 0.332 e. The molecule has 1 aromatic rings. The number of morpholine rings is 1. The van der Waals surface area contributed by atoms with E-state index in [-0.39, 0.29) is 35.9 Å². The van der Waals surface area contributed by atoms with Gasteiger partial charge in [-0.25, -0.2) is 4.79 Å². The van der Waals surface area contributed by atoms with Gasteiger partial charge in [-0.3, -0.25) is 23.6 Å². The first-order valence-electron chi connectivity index (χ1n) is 7.18. The maximum atomic E-state index is 12.5. The predicted molar refractivity (Wildman–Crippen MR) is 82.1 cm³/mol. The van der Waals surface area contributed by atoms with Gasteiger partial charge in [0.25, 0.3) is 5.56 Å². The number of anilines is 1. The number of hydrogen-bond donors (Lipinski definition) is 1. The topological polar surface area (TPSA) is 99.6 Å².